The largest absolute Gasteiger partial charge is 0.497 e. The van der Waals surface area contributed by atoms with E-state index in [0.29, 0.717) is 38.5 Å². The second kappa shape index (κ2) is 8.20. The zero-order valence-electron chi connectivity index (χ0n) is 15.8. The first-order chi connectivity index (χ1) is 13.0. The van der Waals surface area contributed by atoms with Gasteiger partial charge in [0.2, 0.25) is 11.8 Å². The van der Waals surface area contributed by atoms with Gasteiger partial charge < -0.3 is 19.0 Å². The Hall–Kier alpha value is -2.90. The molecule has 0 aliphatic carbocycles. The molecule has 1 aliphatic rings. The van der Waals surface area contributed by atoms with Crippen LogP contribution in [0.25, 0.3) is 0 Å². The van der Waals surface area contributed by atoms with Gasteiger partial charge in [-0.2, -0.15) is 0 Å². The van der Waals surface area contributed by atoms with Crippen molar-refractivity contribution in [2.75, 3.05) is 33.3 Å². The van der Waals surface area contributed by atoms with E-state index in [1.165, 1.54) is 0 Å². The van der Waals surface area contributed by atoms with E-state index in [2.05, 4.69) is 10.2 Å². The zero-order valence-corrected chi connectivity index (χ0v) is 15.8. The Morgan fingerprint density at radius 1 is 1.07 bits per heavy atom. The third-order valence-electron chi connectivity index (χ3n) is 4.55. The molecule has 0 bridgehead atoms. The van der Waals surface area contributed by atoms with Crippen molar-refractivity contribution in [1.82, 2.24) is 20.0 Å². The minimum Gasteiger partial charge on any atom is -0.497 e. The molecule has 0 spiro atoms. The predicted octanol–water partition coefficient (Wildman–Crippen LogP) is 1.73. The van der Waals surface area contributed by atoms with Crippen LogP contribution in [-0.4, -0.2) is 65.1 Å². The van der Waals surface area contributed by atoms with Gasteiger partial charge in [-0.1, -0.05) is 26.0 Å². The van der Waals surface area contributed by atoms with E-state index in [1.807, 2.05) is 38.1 Å². The van der Waals surface area contributed by atoms with Crippen LogP contribution in [0, 0.1) is 0 Å². The van der Waals surface area contributed by atoms with Crippen LogP contribution in [0.2, 0.25) is 0 Å². The molecule has 2 heterocycles. The summed E-state index contributed by atoms with van der Waals surface area (Å²) in [5, 5.41) is 7.73. The Morgan fingerprint density at radius 2 is 1.70 bits per heavy atom. The minimum atomic E-state index is -0.281. The molecular weight excluding hydrogens is 348 g/mol. The van der Waals surface area contributed by atoms with Gasteiger partial charge in [-0.25, -0.2) is 0 Å². The molecule has 2 amide bonds. The van der Waals surface area contributed by atoms with E-state index >= 15 is 0 Å². The van der Waals surface area contributed by atoms with Crippen molar-refractivity contribution in [3.63, 3.8) is 0 Å². The van der Waals surface area contributed by atoms with E-state index in [4.69, 9.17) is 9.15 Å². The lowest BCUT2D eigenvalue weighted by Crippen LogP contribution is -2.51. The number of methoxy groups -OCH3 is 1. The maximum Gasteiger partial charge on any atom is 0.311 e. The van der Waals surface area contributed by atoms with Crippen molar-refractivity contribution in [1.29, 1.82) is 0 Å². The highest BCUT2D eigenvalue weighted by atomic mass is 16.5. The highest BCUT2D eigenvalue weighted by Crippen LogP contribution is 2.15. The molecule has 1 aromatic carbocycles. The van der Waals surface area contributed by atoms with Gasteiger partial charge >= 0.3 is 11.8 Å². The lowest BCUT2D eigenvalue weighted by molar-refractivity contribution is -0.131. The molecule has 1 aliphatic heterocycles. The molecule has 3 rings (SSSR count). The molecule has 2 aromatic rings. The van der Waals surface area contributed by atoms with Gasteiger partial charge in [0.1, 0.15) is 5.75 Å². The smallest absolute Gasteiger partial charge is 0.311 e. The van der Waals surface area contributed by atoms with Crippen LogP contribution >= 0.6 is 0 Å². The molecular formula is C19H24N4O4. The topological polar surface area (TPSA) is 88.8 Å². The lowest BCUT2D eigenvalue weighted by Gasteiger charge is -2.34. The summed E-state index contributed by atoms with van der Waals surface area (Å²) >= 11 is 0. The highest BCUT2D eigenvalue weighted by molar-refractivity contribution is 5.89. The summed E-state index contributed by atoms with van der Waals surface area (Å²) in [4.78, 5) is 28.4. The molecule has 0 atom stereocenters. The fraction of sp³-hybridized carbons (Fsp3) is 0.474. The third-order valence-corrected chi connectivity index (χ3v) is 4.55. The number of ether oxygens (including phenoxy) is 1. The number of aromatic nitrogens is 2. The molecule has 1 saturated heterocycles. The summed E-state index contributed by atoms with van der Waals surface area (Å²) < 4.78 is 10.6. The summed E-state index contributed by atoms with van der Waals surface area (Å²) in [5.74, 6) is 1.07. The van der Waals surface area contributed by atoms with Gasteiger partial charge in [0.05, 0.1) is 13.5 Å². The number of carbonyl (C=O) groups is 2. The number of benzene rings is 1. The van der Waals surface area contributed by atoms with E-state index < -0.39 is 0 Å². The normalized spacial score (nSPS) is 14.5. The molecule has 0 radical (unpaired) electrons. The lowest BCUT2D eigenvalue weighted by atomic mass is 10.1. The molecule has 1 fully saturated rings. The first-order valence-corrected chi connectivity index (χ1v) is 9.01. The fourth-order valence-electron chi connectivity index (χ4n) is 2.88. The van der Waals surface area contributed by atoms with Crippen molar-refractivity contribution in [2.24, 2.45) is 0 Å². The Bertz CT molecular complexity index is 792. The zero-order chi connectivity index (χ0) is 19.4. The van der Waals surface area contributed by atoms with Gasteiger partial charge in [-0.05, 0) is 17.7 Å². The summed E-state index contributed by atoms with van der Waals surface area (Å²) in [6, 6.07) is 7.46. The summed E-state index contributed by atoms with van der Waals surface area (Å²) in [7, 11) is 1.61. The summed E-state index contributed by atoms with van der Waals surface area (Å²) in [6.07, 6.45) is 0.333. The van der Waals surface area contributed by atoms with Crippen molar-refractivity contribution in [3.8, 4) is 5.75 Å². The van der Waals surface area contributed by atoms with Crippen molar-refractivity contribution in [2.45, 2.75) is 26.2 Å². The first-order valence-electron chi connectivity index (χ1n) is 9.01. The van der Waals surface area contributed by atoms with E-state index in [1.54, 1.807) is 16.9 Å². The average molecular weight is 372 g/mol. The maximum absolute atomic E-state index is 12.5. The Morgan fingerprint density at radius 3 is 2.26 bits per heavy atom. The van der Waals surface area contributed by atoms with Crippen molar-refractivity contribution >= 4 is 11.8 Å². The number of nitrogens with zero attached hydrogens (tertiary/aromatic N) is 4. The monoisotopic (exact) mass is 372 g/mol. The van der Waals surface area contributed by atoms with Gasteiger partial charge in [0, 0.05) is 32.1 Å². The number of hydrogen-bond donors (Lipinski definition) is 0. The maximum atomic E-state index is 12.5. The molecule has 0 N–H and O–H groups in total. The van der Waals surface area contributed by atoms with Crippen molar-refractivity contribution < 1.29 is 18.7 Å². The quantitative estimate of drug-likeness (QED) is 0.794. The number of carbonyl (C=O) groups excluding carboxylic acids is 2. The first kappa shape index (κ1) is 18.9. The number of amides is 2. The van der Waals surface area contributed by atoms with Crippen LogP contribution in [0.1, 0.15) is 41.9 Å². The van der Waals surface area contributed by atoms with Gasteiger partial charge in [-0.15, -0.1) is 10.2 Å². The van der Waals surface area contributed by atoms with Crippen LogP contribution in [0.15, 0.2) is 28.7 Å². The van der Waals surface area contributed by atoms with Crippen LogP contribution in [0.3, 0.4) is 0 Å². The molecule has 0 unspecified atom stereocenters. The van der Waals surface area contributed by atoms with E-state index in [-0.39, 0.29) is 23.6 Å². The van der Waals surface area contributed by atoms with Gasteiger partial charge in [-0.3, -0.25) is 9.59 Å². The number of piperazine rings is 1. The second-order valence-electron chi connectivity index (χ2n) is 6.80. The second-order valence-corrected chi connectivity index (χ2v) is 6.80. The summed E-state index contributed by atoms with van der Waals surface area (Å²) in [6.45, 7) is 5.74. The molecule has 0 saturated carbocycles. The molecule has 27 heavy (non-hydrogen) atoms. The van der Waals surface area contributed by atoms with Gasteiger partial charge in [0.25, 0.3) is 0 Å². The molecule has 8 heteroatoms. The number of rotatable bonds is 5. The van der Waals surface area contributed by atoms with Crippen molar-refractivity contribution in [3.05, 3.63) is 41.6 Å². The fourth-order valence-corrected chi connectivity index (χ4v) is 2.88. The average Bonchev–Trinajstić information content (AvgIpc) is 3.18. The summed E-state index contributed by atoms with van der Waals surface area (Å²) in [5.41, 5.74) is 0.936. The predicted molar refractivity (Wildman–Crippen MR) is 97.6 cm³/mol. The van der Waals surface area contributed by atoms with E-state index in [0.717, 1.165) is 11.3 Å². The van der Waals surface area contributed by atoms with Crippen LogP contribution in [0.5, 0.6) is 5.75 Å². The molecule has 144 valence electrons. The standard InChI is InChI=1S/C19H24N4O4/c1-13(2)17-20-21-18(27-17)19(25)23-10-8-22(9-11-23)16(24)12-14-4-6-15(26-3)7-5-14/h4-7,13H,8-12H2,1-3H3. The Labute approximate surface area is 158 Å². The van der Waals surface area contributed by atoms with Crippen LogP contribution in [0.4, 0.5) is 0 Å². The number of hydrogen-bond acceptors (Lipinski definition) is 6. The highest BCUT2D eigenvalue weighted by Gasteiger charge is 2.28. The Balaban J connectivity index is 1.52. The molecule has 8 nitrogen and oxygen atoms in total. The van der Waals surface area contributed by atoms with Gasteiger partial charge in [0.15, 0.2) is 0 Å². The third kappa shape index (κ3) is 4.45. The van der Waals surface area contributed by atoms with E-state index in [9.17, 15) is 9.59 Å². The molecule has 1 aromatic heterocycles. The van der Waals surface area contributed by atoms with Crippen LogP contribution < -0.4 is 4.74 Å². The van der Waals surface area contributed by atoms with Crippen LogP contribution in [-0.2, 0) is 11.2 Å². The Kier molecular flexibility index (Phi) is 5.73. The SMILES string of the molecule is COc1ccc(CC(=O)N2CCN(C(=O)c3nnc(C(C)C)o3)CC2)cc1. The minimum absolute atomic E-state index is 0.0108.